The van der Waals surface area contributed by atoms with Gasteiger partial charge in [0.05, 0.1) is 13.2 Å². The minimum absolute atomic E-state index is 0. The Labute approximate surface area is 172 Å². The molecule has 1 atom stereocenters. The second-order valence-corrected chi connectivity index (χ2v) is 7.03. The number of carbonyl (C=O) groups is 2. The third kappa shape index (κ3) is 5.83. The van der Waals surface area contributed by atoms with Crippen LogP contribution in [0.4, 0.5) is 0 Å². The predicted molar refractivity (Wildman–Crippen MR) is 109 cm³/mol. The zero-order valence-electron chi connectivity index (χ0n) is 16.4. The lowest BCUT2D eigenvalue weighted by Crippen LogP contribution is -2.57. The lowest BCUT2D eigenvalue weighted by molar-refractivity contribution is -0.135. The van der Waals surface area contributed by atoms with Gasteiger partial charge in [-0.1, -0.05) is 0 Å². The van der Waals surface area contributed by atoms with Crippen LogP contribution in [0.3, 0.4) is 0 Å². The van der Waals surface area contributed by atoms with Crippen molar-refractivity contribution in [2.75, 3.05) is 53.0 Å². The van der Waals surface area contributed by atoms with E-state index in [1.807, 2.05) is 34.1 Å². The second-order valence-electron chi connectivity index (χ2n) is 7.03. The van der Waals surface area contributed by atoms with Gasteiger partial charge in [-0.15, -0.1) is 12.4 Å². The van der Waals surface area contributed by atoms with E-state index in [-0.39, 0.29) is 30.3 Å². The van der Waals surface area contributed by atoms with Crippen LogP contribution in [0.15, 0.2) is 24.3 Å². The fraction of sp³-hybridized carbons (Fsp3) is 0.600. The van der Waals surface area contributed by atoms with Gasteiger partial charge in [-0.3, -0.25) is 9.59 Å². The summed E-state index contributed by atoms with van der Waals surface area (Å²) in [6, 6.07) is 7.42. The molecule has 1 N–H and O–H groups in total. The molecule has 0 bridgehead atoms. The van der Waals surface area contributed by atoms with Crippen molar-refractivity contribution in [3.05, 3.63) is 29.8 Å². The molecule has 1 unspecified atom stereocenters. The maximum absolute atomic E-state index is 12.9. The topological polar surface area (TPSA) is 71.1 Å². The molecule has 0 spiro atoms. The number of amides is 2. The van der Waals surface area contributed by atoms with Gasteiger partial charge in [0.2, 0.25) is 5.91 Å². The quantitative estimate of drug-likeness (QED) is 0.689. The van der Waals surface area contributed by atoms with Crippen molar-refractivity contribution in [2.45, 2.75) is 25.3 Å². The van der Waals surface area contributed by atoms with Gasteiger partial charge in [-0.25, -0.2) is 0 Å². The monoisotopic (exact) mass is 411 g/mol. The van der Waals surface area contributed by atoms with E-state index in [2.05, 4.69) is 5.32 Å². The largest absolute Gasteiger partial charge is 0.494 e. The molecule has 28 heavy (non-hydrogen) atoms. The van der Waals surface area contributed by atoms with E-state index < -0.39 is 0 Å². The van der Waals surface area contributed by atoms with Gasteiger partial charge >= 0.3 is 0 Å². The van der Waals surface area contributed by atoms with Gasteiger partial charge in [-0.2, -0.15) is 0 Å². The molecule has 7 nitrogen and oxygen atoms in total. The average molecular weight is 412 g/mol. The highest BCUT2D eigenvalue weighted by Gasteiger charge is 2.31. The van der Waals surface area contributed by atoms with E-state index in [1.54, 1.807) is 7.11 Å². The number of carbonyl (C=O) groups excluding carboxylic acids is 2. The molecular weight excluding hydrogens is 382 g/mol. The van der Waals surface area contributed by atoms with E-state index in [9.17, 15) is 9.59 Å². The molecule has 8 heteroatoms. The maximum Gasteiger partial charge on any atom is 0.253 e. The molecule has 2 aliphatic rings. The van der Waals surface area contributed by atoms with Crippen LogP contribution >= 0.6 is 12.4 Å². The number of ether oxygens (including phenoxy) is 2. The number of methoxy groups -OCH3 is 1. The van der Waals surface area contributed by atoms with Crippen molar-refractivity contribution < 1.29 is 19.1 Å². The highest BCUT2D eigenvalue weighted by molar-refractivity contribution is 5.94. The number of piperazine rings is 1. The fourth-order valence-electron chi connectivity index (χ4n) is 3.67. The van der Waals surface area contributed by atoms with Gasteiger partial charge in [0.15, 0.2) is 0 Å². The van der Waals surface area contributed by atoms with Crippen molar-refractivity contribution in [1.82, 2.24) is 15.1 Å². The summed E-state index contributed by atoms with van der Waals surface area (Å²) in [6.07, 6.45) is 2.72. The first kappa shape index (κ1) is 22.5. The molecule has 2 amide bonds. The molecule has 0 saturated carbocycles. The summed E-state index contributed by atoms with van der Waals surface area (Å²) >= 11 is 0. The summed E-state index contributed by atoms with van der Waals surface area (Å²) in [6.45, 7) is 4.56. The van der Waals surface area contributed by atoms with E-state index in [0.29, 0.717) is 31.9 Å². The molecule has 3 rings (SSSR count). The van der Waals surface area contributed by atoms with Crippen molar-refractivity contribution in [3.8, 4) is 5.75 Å². The van der Waals surface area contributed by atoms with Gasteiger partial charge in [-0.05, 0) is 37.1 Å². The van der Waals surface area contributed by atoms with E-state index in [0.717, 1.165) is 44.6 Å². The van der Waals surface area contributed by atoms with Crippen molar-refractivity contribution in [2.24, 2.45) is 0 Å². The lowest BCUT2D eigenvalue weighted by Gasteiger charge is -2.41. The highest BCUT2D eigenvalue weighted by atomic mass is 35.5. The van der Waals surface area contributed by atoms with Gasteiger partial charge in [0, 0.05) is 57.9 Å². The standard InChI is InChI=1S/C20H29N3O4.ClH/c1-26-12-3-13-27-18-7-5-16(6-8-18)20(25)22-10-2-4-17(15-22)23-11-9-21-14-19(23)24;/h5-8,17,21H,2-4,9-15H2,1H3;1H. The molecule has 2 fully saturated rings. The molecule has 1 aromatic carbocycles. The first-order valence-electron chi connectivity index (χ1n) is 9.70. The molecule has 2 saturated heterocycles. The van der Waals surface area contributed by atoms with Gasteiger partial charge in [0.25, 0.3) is 5.91 Å². The van der Waals surface area contributed by atoms with Crippen LogP contribution in [0.1, 0.15) is 29.6 Å². The van der Waals surface area contributed by atoms with Crippen molar-refractivity contribution in [3.63, 3.8) is 0 Å². The minimum Gasteiger partial charge on any atom is -0.494 e. The zero-order chi connectivity index (χ0) is 19.1. The van der Waals surface area contributed by atoms with Crippen molar-refractivity contribution >= 4 is 24.2 Å². The van der Waals surface area contributed by atoms with E-state index >= 15 is 0 Å². The summed E-state index contributed by atoms with van der Waals surface area (Å²) in [7, 11) is 1.67. The van der Waals surface area contributed by atoms with Crippen LogP contribution in [0.2, 0.25) is 0 Å². The second kappa shape index (κ2) is 11.2. The Kier molecular flexibility index (Phi) is 9.02. The third-order valence-corrected chi connectivity index (χ3v) is 5.11. The number of nitrogens with one attached hydrogen (secondary N) is 1. The predicted octanol–water partition coefficient (Wildman–Crippen LogP) is 1.56. The van der Waals surface area contributed by atoms with Crippen LogP contribution in [0.5, 0.6) is 5.75 Å². The average Bonchev–Trinajstić information content (AvgIpc) is 2.72. The van der Waals surface area contributed by atoms with Crippen LogP contribution in [-0.4, -0.2) is 80.7 Å². The first-order chi connectivity index (χ1) is 13.2. The number of rotatable bonds is 7. The number of benzene rings is 1. The number of hydrogen-bond acceptors (Lipinski definition) is 5. The summed E-state index contributed by atoms with van der Waals surface area (Å²) in [5.41, 5.74) is 0.659. The summed E-state index contributed by atoms with van der Waals surface area (Å²) in [5, 5.41) is 3.10. The van der Waals surface area contributed by atoms with Crippen molar-refractivity contribution in [1.29, 1.82) is 0 Å². The smallest absolute Gasteiger partial charge is 0.253 e. The van der Waals surface area contributed by atoms with E-state index in [4.69, 9.17) is 9.47 Å². The molecule has 0 aliphatic carbocycles. The van der Waals surface area contributed by atoms with Crippen LogP contribution in [0.25, 0.3) is 0 Å². The summed E-state index contributed by atoms with van der Waals surface area (Å²) in [4.78, 5) is 28.8. The molecule has 2 aliphatic heterocycles. The Morgan fingerprint density at radius 1 is 1.21 bits per heavy atom. The maximum atomic E-state index is 12.9. The normalized spacial score (nSPS) is 19.9. The Balaban J connectivity index is 0.00000280. The number of hydrogen-bond donors (Lipinski definition) is 1. The van der Waals surface area contributed by atoms with Gasteiger partial charge in [0.1, 0.15) is 5.75 Å². The fourth-order valence-corrected chi connectivity index (χ4v) is 3.67. The summed E-state index contributed by atoms with van der Waals surface area (Å²) < 4.78 is 10.6. The summed E-state index contributed by atoms with van der Waals surface area (Å²) in [5.74, 6) is 0.911. The highest BCUT2D eigenvalue weighted by Crippen LogP contribution is 2.20. The van der Waals surface area contributed by atoms with E-state index in [1.165, 1.54) is 0 Å². The lowest BCUT2D eigenvalue weighted by atomic mass is 10.0. The molecule has 1 aromatic rings. The first-order valence-corrected chi connectivity index (χ1v) is 9.70. The van der Waals surface area contributed by atoms with Gasteiger partial charge < -0.3 is 24.6 Å². The SMILES string of the molecule is COCCCOc1ccc(C(=O)N2CCCC(N3CCNCC3=O)C2)cc1.Cl. The Morgan fingerprint density at radius 3 is 2.71 bits per heavy atom. The molecule has 156 valence electrons. The molecule has 0 radical (unpaired) electrons. The molecular formula is C20H30ClN3O4. The number of halogens is 1. The Bertz CT molecular complexity index is 641. The van der Waals surface area contributed by atoms with Crippen LogP contribution in [0, 0.1) is 0 Å². The van der Waals surface area contributed by atoms with Crippen LogP contribution < -0.4 is 10.1 Å². The number of likely N-dealkylation sites (tertiary alicyclic amines) is 1. The minimum atomic E-state index is 0. The third-order valence-electron chi connectivity index (χ3n) is 5.11. The number of nitrogens with zero attached hydrogens (tertiary/aromatic N) is 2. The molecule has 2 heterocycles. The molecule has 0 aromatic heterocycles. The number of piperidine rings is 1. The van der Waals surface area contributed by atoms with Crippen LogP contribution in [-0.2, 0) is 9.53 Å². The Morgan fingerprint density at radius 2 is 2.00 bits per heavy atom. The Hall–Kier alpha value is -1.83. The zero-order valence-corrected chi connectivity index (χ0v) is 17.2.